The molecule has 1 heterocycles. The molecule has 1 atom stereocenters. The molecule has 0 aliphatic rings. The van der Waals surface area contributed by atoms with Gasteiger partial charge in [0.25, 0.3) is 5.91 Å². The highest BCUT2D eigenvalue weighted by Gasteiger charge is 2.25. The summed E-state index contributed by atoms with van der Waals surface area (Å²) in [5, 5.41) is 7.52. The molecule has 0 spiro atoms. The Balaban J connectivity index is 1.64. The normalized spacial score (nSPS) is 12.0. The number of nitrogens with zero attached hydrogens (tertiary/aromatic N) is 2. The summed E-state index contributed by atoms with van der Waals surface area (Å²) in [4.78, 5) is 16.7. The van der Waals surface area contributed by atoms with E-state index in [0.29, 0.717) is 22.5 Å². The van der Waals surface area contributed by atoms with E-state index in [9.17, 15) is 4.79 Å². The van der Waals surface area contributed by atoms with Crippen molar-refractivity contribution in [2.45, 2.75) is 19.9 Å². The van der Waals surface area contributed by atoms with Gasteiger partial charge in [-0.1, -0.05) is 60.9 Å². The number of hydrogen-bond donors (Lipinski definition) is 1. The quantitative estimate of drug-likeness (QED) is 0.656. The highest BCUT2D eigenvalue weighted by Crippen LogP contribution is 2.23. The molecule has 0 saturated carbocycles. The Morgan fingerprint density at radius 3 is 2.52 bits per heavy atom. The van der Waals surface area contributed by atoms with Crippen LogP contribution >= 0.6 is 11.6 Å². The minimum Gasteiger partial charge on any atom is -0.484 e. The topological polar surface area (TPSA) is 77.2 Å². The first-order valence-electron chi connectivity index (χ1n) is 8.59. The van der Waals surface area contributed by atoms with Gasteiger partial charge >= 0.3 is 0 Å². The summed E-state index contributed by atoms with van der Waals surface area (Å²) in [7, 11) is 0. The van der Waals surface area contributed by atoms with Crippen LogP contribution in [0.2, 0.25) is 5.02 Å². The third-order valence-corrected chi connectivity index (χ3v) is 4.16. The molecular formula is C20H20ClN3O3. The van der Waals surface area contributed by atoms with E-state index in [2.05, 4.69) is 15.5 Å². The van der Waals surface area contributed by atoms with Crippen molar-refractivity contribution in [3.63, 3.8) is 0 Å². The summed E-state index contributed by atoms with van der Waals surface area (Å²) < 4.78 is 10.9. The van der Waals surface area contributed by atoms with E-state index in [1.807, 2.05) is 44.2 Å². The molecule has 3 rings (SSSR count). The van der Waals surface area contributed by atoms with Crippen molar-refractivity contribution in [1.82, 2.24) is 15.5 Å². The van der Waals surface area contributed by atoms with Gasteiger partial charge in [-0.05, 0) is 30.2 Å². The molecule has 0 fully saturated rings. The van der Waals surface area contributed by atoms with Crippen LogP contribution in [0.25, 0.3) is 11.4 Å². The smallest absolute Gasteiger partial charge is 0.258 e. The van der Waals surface area contributed by atoms with Gasteiger partial charge < -0.3 is 14.6 Å². The lowest BCUT2D eigenvalue weighted by Crippen LogP contribution is -2.35. The zero-order valence-electron chi connectivity index (χ0n) is 15.1. The summed E-state index contributed by atoms with van der Waals surface area (Å²) in [6.07, 6.45) is 0. The number of aromatic nitrogens is 2. The first kappa shape index (κ1) is 18.9. The van der Waals surface area contributed by atoms with Crippen molar-refractivity contribution >= 4 is 17.5 Å². The third kappa shape index (κ3) is 5.08. The Morgan fingerprint density at radius 2 is 1.85 bits per heavy atom. The van der Waals surface area contributed by atoms with Crippen molar-refractivity contribution in [2.75, 3.05) is 6.61 Å². The second kappa shape index (κ2) is 8.68. The third-order valence-electron chi connectivity index (χ3n) is 3.91. The van der Waals surface area contributed by atoms with Gasteiger partial charge in [-0.25, -0.2) is 0 Å². The minimum absolute atomic E-state index is 0.0635. The van der Waals surface area contributed by atoms with Crippen LogP contribution in [0, 0.1) is 5.92 Å². The molecule has 140 valence electrons. The van der Waals surface area contributed by atoms with E-state index < -0.39 is 6.04 Å². The summed E-state index contributed by atoms with van der Waals surface area (Å²) in [5.41, 5.74) is 0.854. The fourth-order valence-corrected chi connectivity index (χ4v) is 2.60. The standard InChI is InChI=1S/C20H20ClN3O3/c1-13(2)18(20-23-19(24-27-20)14-6-4-3-5-7-14)22-17(25)12-26-16-10-8-15(21)9-11-16/h3-11,13,18H,12H2,1-2H3,(H,22,25)/t18-/m0/s1. The van der Waals surface area contributed by atoms with Crippen LogP contribution in [-0.2, 0) is 4.79 Å². The van der Waals surface area contributed by atoms with Crippen LogP contribution in [0.1, 0.15) is 25.8 Å². The molecule has 1 amide bonds. The van der Waals surface area contributed by atoms with Gasteiger partial charge in [0.2, 0.25) is 11.7 Å². The predicted octanol–water partition coefficient (Wildman–Crippen LogP) is 4.28. The number of hydrogen-bond acceptors (Lipinski definition) is 5. The number of halogens is 1. The SMILES string of the molecule is CC(C)[C@H](NC(=O)COc1ccc(Cl)cc1)c1nc(-c2ccccc2)no1. The van der Waals surface area contributed by atoms with Gasteiger partial charge in [0.15, 0.2) is 6.61 Å². The maximum absolute atomic E-state index is 12.3. The van der Waals surface area contributed by atoms with Crippen LogP contribution in [0.3, 0.4) is 0 Å². The highest BCUT2D eigenvalue weighted by molar-refractivity contribution is 6.30. The number of rotatable bonds is 7. The van der Waals surface area contributed by atoms with Gasteiger partial charge in [0.05, 0.1) is 0 Å². The monoisotopic (exact) mass is 385 g/mol. The Kier molecular flexibility index (Phi) is 6.08. The Morgan fingerprint density at radius 1 is 1.15 bits per heavy atom. The van der Waals surface area contributed by atoms with Gasteiger partial charge in [-0.3, -0.25) is 4.79 Å². The lowest BCUT2D eigenvalue weighted by Gasteiger charge is -2.18. The van der Waals surface area contributed by atoms with E-state index in [1.54, 1.807) is 24.3 Å². The maximum atomic E-state index is 12.3. The first-order valence-corrected chi connectivity index (χ1v) is 8.97. The number of carbonyl (C=O) groups is 1. The molecule has 0 aliphatic carbocycles. The fourth-order valence-electron chi connectivity index (χ4n) is 2.47. The Labute approximate surface area is 162 Å². The average molecular weight is 386 g/mol. The van der Waals surface area contributed by atoms with Gasteiger partial charge in [0, 0.05) is 10.6 Å². The van der Waals surface area contributed by atoms with Crippen LogP contribution in [0.5, 0.6) is 5.75 Å². The van der Waals surface area contributed by atoms with Crippen LogP contribution in [0.15, 0.2) is 59.1 Å². The van der Waals surface area contributed by atoms with E-state index >= 15 is 0 Å². The Hall–Kier alpha value is -2.86. The molecule has 2 aromatic carbocycles. The number of ether oxygens (including phenoxy) is 1. The zero-order valence-corrected chi connectivity index (χ0v) is 15.8. The van der Waals surface area contributed by atoms with Gasteiger partial charge in [-0.2, -0.15) is 4.98 Å². The lowest BCUT2D eigenvalue weighted by atomic mass is 10.0. The predicted molar refractivity (Wildman–Crippen MR) is 102 cm³/mol. The maximum Gasteiger partial charge on any atom is 0.258 e. The highest BCUT2D eigenvalue weighted by atomic mass is 35.5. The van der Waals surface area contributed by atoms with Crippen molar-refractivity contribution < 1.29 is 14.1 Å². The molecule has 0 bridgehead atoms. The first-order chi connectivity index (χ1) is 13.0. The number of carbonyl (C=O) groups excluding carboxylic acids is 1. The molecule has 27 heavy (non-hydrogen) atoms. The zero-order chi connectivity index (χ0) is 19.2. The second-order valence-corrected chi connectivity index (χ2v) is 6.79. The van der Waals surface area contributed by atoms with Gasteiger partial charge in [-0.15, -0.1) is 0 Å². The van der Waals surface area contributed by atoms with Crippen LogP contribution in [-0.4, -0.2) is 22.7 Å². The summed E-state index contributed by atoms with van der Waals surface area (Å²) >= 11 is 5.83. The van der Waals surface area contributed by atoms with E-state index in [0.717, 1.165) is 5.56 Å². The van der Waals surface area contributed by atoms with Crippen molar-refractivity contribution in [3.05, 3.63) is 65.5 Å². The van der Waals surface area contributed by atoms with Gasteiger partial charge in [0.1, 0.15) is 11.8 Å². The van der Waals surface area contributed by atoms with Crippen LogP contribution in [0.4, 0.5) is 0 Å². The number of nitrogens with one attached hydrogen (secondary N) is 1. The van der Waals surface area contributed by atoms with Crippen LogP contribution < -0.4 is 10.1 Å². The molecule has 6 nitrogen and oxygen atoms in total. The average Bonchev–Trinajstić information content (AvgIpc) is 3.16. The fraction of sp³-hybridized carbons (Fsp3) is 0.250. The second-order valence-electron chi connectivity index (χ2n) is 6.35. The van der Waals surface area contributed by atoms with Crippen molar-refractivity contribution in [3.8, 4) is 17.1 Å². The van der Waals surface area contributed by atoms with E-state index in [4.69, 9.17) is 20.9 Å². The lowest BCUT2D eigenvalue weighted by molar-refractivity contribution is -0.124. The molecule has 0 radical (unpaired) electrons. The summed E-state index contributed by atoms with van der Waals surface area (Å²) in [6, 6.07) is 15.9. The minimum atomic E-state index is -0.406. The largest absolute Gasteiger partial charge is 0.484 e. The van der Waals surface area contributed by atoms with Crippen molar-refractivity contribution in [2.24, 2.45) is 5.92 Å². The summed E-state index contributed by atoms with van der Waals surface area (Å²) in [5.74, 6) is 1.21. The molecule has 7 heteroatoms. The molecule has 1 N–H and O–H groups in total. The molecular weight excluding hydrogens is 366 g/mol. The number of amides is 1. The molecule has 3 aromatic rings. The number of benzene rings is 2. The summed E-state index contributed by atoms with van der Waals surface area (Å²) in [6.45, 7) is 3.82. The molecule has 0 aliphatic heterocycles. The van der Waals surface area contributed by atoms with E-state index in [-0.39, 0.29) is 18.4 Å². The van der Waals surface area contributed by atoms with E-state index in [1.165, 1.54) is 0 Å². The molecule has 0 unspecified atom stereocenters. The van der Waals surface area contributed by atoms with Crippen molar-refractivity contribution in [1.29, 1.82) is 0 Å². The molecule has 1 aromatic heterocycles. The Bertz CT molecular complexity index is 879. The molecule has 0 saturated heterocycles.